The van der Waals surface area contributed by atoms with E-state index in [0.717, 1.165) is 27.2 Å². The highest BCUT2D eigenvalue weighted by Crippen LogP contribution is 2.73. The van der Waals surface area contributed by atoms with Crippen LogP contribution in [0.15, 0.2) is 84.9 Å². The molecular formula is C29H22N2O5. The van der Waals surface area contributed by atoms with Gasteiger partial charge >= 0.3 is 0 Å². The van der Waals surface area contributed by atoms with Crippen molar-refractivity contribution in [3.8, 4) is 0 Å². The number of nitro groups is 1. The molecule has 1 saturated heterocycles. The van der Waals surface area contributed by atoms with Crippen LogP contribution in [0.3, 0.4) is 0 Å². The van der Waals surface area contributed by atoms with Gasteiger partial charge < -0.3 is 0 Å². The molecule has 2 fully saturated rings. The summed E-state index contributed by atoms with van der Waals surface area (Å²) < 4.78 is 0. The number of nitrogens with zero attached hydrogens (tertiary/aromatic N) is 2. The molecule has 36 heavy (non-hydrogen) atoms. The van der Waals surface area contributed by atoms with E-state index >= 15 is 0 Å². The first-order valence-electron chi connectivity index (χ1n) is 11.8. The summed E-state index contributed by atoms with van der Waals surface area (Å²) in [6, 6.07) is 24.5. The lowest BCUT2D eigenvalue weighted by molar-refractivity contribution is -0.384. The van der Waals surface area contributed by atoms with Crippen LogP contribution in [0.5, 0.6) is 0 Å². The Labute approximate surface area is 207 Å². The van der Waals surface area contributed by atoms with Gasteiger partial charge in [-0.2, -0.15) is 0 Å². The number of amides is 2. The van der Waals surface area contributed by atoms with Crippen molar-refractivity contribution in [2.75, 3.05) is 4.90 Å². The van der Waals surface area contributed by atoms with E-state index in [4.69, 9.17) is 0 Å². The van der Waals surface area contributed by atoms with E-state index in [9.17, 15) is 24.5 Å². The largest absolute Gasteiger partial charge is 0.298 e. The number of Topliss-reactive ketones (excluding diaryl/α,β-unsaturated/α-hetero) is 1. The summed E-state index contributed by atoms with van der Waals surface area (Å²) in [6.07, 6.45) is 0. The number of rotatable bonds is 4. The van der Waals surface area contributed by atoms with Gasteiger partial charge in [-0.25, -0.2) is 4.90 Å². The van der Waals surface area contributed by atoms with Crippen LogP contribution >= 0.6 is 0 Å². The monoisotopic (exact) mass is 478 g/mol. The van der Waals surface area contributed by atoms with Crippen LogP contribution in [0.1, 0.15) is 25.0 Å². The summed E-state index contributed by atoms with van der Waals surface area (Å²) in [4.78, 5) is 53.7. The average molecular weight is 479 g/mol. The third kappa shape index (κ3) is 2.54. The molecule has 2 bridgehead atoms. The smallest absolute Gasteiger partial charge is 0.269 e. The molecule has 0 spiro atoms. The second-order valence-electron chi connectivity index (χ2n) is 9.96. The molecule has 6 rings (SSSR count). The van der Waals surface area contributed by atoms with Crippen molar-refractivity contribution < 1.29 is 19.3 Å². The van der Waals surface area contributed by atoms with Crippen LogP contribution in [-0.4, -0.2) is 22.5 Å². The molecule has 0 N–H and O–H groups in total. The molecule has 0 aromatic heterocycles. The second-order valence-corrected chi connectivity index (χ2v) is 9.96. The van der Waals surface area contributed by atoms with E-state index < -0.39 is 39.4 Å². The molecule has 3 aromatic rings. The Hall–Kier alpha value is -4.39. The molecule has 178 valence electrons. The van der Waals surface area contributed by atoms with Gasteiger partial charge in [0, 0.05) is 12.1 Å². The maximum Gasteiger partial charge on any atom is 0.269 e. The van der Waals surface area contributed by atoms with Crippen LogP contribution in [0.4, 0.5) is 11.4 Å². The lowest BCUT2D eigenvalue weighted by Gasteiger charge is -2.35. The second kappa shape index (κ2) is 7.31. The summed E-state index contributed by atoms with van der Waals surface area (Å²) in [5.74, 6) is -2.73. The Morgan fingerprint density at radius 1 is 0.694 bits per heavy atom. The van der Waals surface area contributed by atoms with Crippen molar-refractivity contribution in [2.45, 2.75) is 13.8 Å². The van der Waals surface area contributed by atoms with Gasteiger partial charge in [0.25, 0.3) is 5.69 Å². The standard InChI is InChI=1S/C29H22N2O5/c1-28-21(17-9-5-3-6-10-17)22(18-11-7-4-8-12-18)29(2,27(28)34)24-23(28)25(32)30(26(24)33)19-13-15-20(16-14-19)31(35)36/h3-16,23-24H,1-2H3/t23-,24+,28-,29-/m1/s1. The Balaban J connectivity index is 1.57. The number of allylic oxidation sites excluding steroid dienone is 2. The van der Waals surface area contributed by atoms with Gasteiger partial charge in [0.1, 0.15) is 0 Å². The zero-order valence-electron chi connectivity index (χ0n) is 19.7. The third-order valence-electron chi connectivity index (χ3n) is 8.23. The number of hydrogen-bond acceptors (Lipinski definition) is 5. The van der Waals surface area contributed by atoms with E-state index in [1.54, 1.807) is 13.8 Å². The number of benzene rings is 3. The predicted molar refractivity (Wildman–Crippen MR) is 133 cm³/mol. The minimum atomic E-state index is -1.20. The first-order chi connectivity index (χ1) is 17.2. The van der Waals surface area contributed by atoms with Gasteiger partial charge in [-0.15, -0.1) is 0 Å². The van der Waals surface area contributed by atoms with Gasteiger partial charge in [-0.05, 0) is 48.3 Å². The number of imide groups is 1. The maximum atomic E-state index is 14.2. The number of fused-ring (bicyclic) bond motifs is 5. The average Bonchev–Trinajstić information content (AvgIpc) is 3.34. The molecule has 4 atom stereocenters. The quantitative estimate of drug-likeness (QED) is 0.301. The fourth-order valence-corrected chi connectivity index (χ4v) is 6.79. The molecule has 7 nitrogen and oxygen atoms in total. The SMILES string of the molecule is C[C@@]12C(=O)[C@](C)(C(c3ccccc3)=C1c1ccccc1)[C@H]1C(=O)N(c3ccc([N+](=O)[O-])cc3)C(=O)[C@H]12. The van der Waals surface area contributed by atoms with Crippen molar-refractivity contribution in [1.82, 2.24) is 0 Å². The van der Waals surface area contributed by atoms with Crippen molar-refractivity contribution in [3.63, 3.8) is 0 Å². The molecule has 7 heteroatoms. The molecule has 1 saturated carbocycles. The topological polar surface area (TPSA) is 97.6 Å². The lowest BCUT2D eigenvalue weighted by Crippen LogP contribution is -2.40. The number of ketones is 1. The number of non-ortho nitro benzene ring substituents is 1. The van der Waals surface area contributed by atoms with Crippen molar-refractivity contribution in [1.29, 1.82) is 0 Å². The number of carbonyl (C=O) groups excluding carboxylic acids is 3. The van der Waals surface area contributed by atoms with Crippen LogP contribution in [-0.2, 0) is 14.4 Å². The van der Waals surface area contributed by atoms with Gasteiger partial charge in [0.2, 0.25) is 11.8 Å². The molecule has 2 aliphatic carbocycles. The molecule has 3 aromatic carbocycles. The summed E-state index contributed by atoms with van der Waals surface area (Å²) in [5.41, 5.74) is 1.01. The van der Waals surface area contributed by atoms with E-state index in [-0.39, 0.29) is 17.2 Å². The molecule has 3 aliphatic rings. The molecule has 1 heterocycles. The van der Waals surface area contributed by atoms with E-state index in [2.05, 4.69) is 0 Å². The summed E-state index contributed by atoms with van der Waals surface area (Å²) >= 11 is 0. The predicted octanol–water partition coefficient (Wildman–Crippen LogP) is 4.92. The highest BCUT2D eigenvalue weighted by molar-refractivity contribution is 6.34. The molecule has 0 unspecified atom stereocenters. The Morgan fingerprint density at radius 2 is 1.11 bits per heavy atom. The van der Waals surface area contributed by atoms with E-state index in [1.165, 1.54) is 24.3 Å². The minimum absolute atomic E-state index is 0.118. The van der Waals surface area contributed by atoms with Crippen molar-refractivity contribution in [2.24, 2.45) is 22.7 Å². The maximum absolute atomic E-state index is 14.2. The summed E-state index contributed by atoms with van der Waals surface area (Å²) in [5, 5.41) is 11.1. The van der Waals surface area contributed by atoms with Crippen LogP contribution in [0, 0.1) is 32.8 Å². The normalized spacial score (nSPS) is 28.7. The summed E-state index contributed by atoms with van der Waals surface area (Å²) in [6.45, 7) is 3.59. The number of hydrogen-bond donors (Lipinski definition) is 0. The third-order valence-corrected chi connectivity index (χ3v) is 8.23. The van der Waals surface area contributed by atoms with Gasteiger partial charge in [-0.1, -0.05) is 60.7 Å². The minimum Gasteiger partial charge on any atom is -0.298 e. The Bertz CT molecular complexity index is 1410. The fraction of sp³-hybridized carbons (Fsp3) is 0.207. The highest BCUT2D eigenvalue weighted by Gasteiger charge is 2.78. The Morgan fingerprint density at radius 3 is 1.50 bits per heavy atom. The zero-order valence-corrected chi connectivity index (χ0v) is 19.7. The first-order valence-corrected chi connectivity index (χ1v) is 11.8. The van der Waals surface area contributed by atoms with Crippen molar-refractivity contribution in [3.05, 3.63) is 106 Å². The van der Waals surface area contributed by atoms with Crippen LogP contribution in [0.2, 0.25) is 0 Å². The lowest BCUT2D eigenvalue weighted by atomic mass is 9.63. The molecule has 0 radical (unpaired) electrons. The molecule has 1 aliphatic heterocycles. The number of nitro benzene ring substituents is 1. The van der Waals surface area contributed by atoms with E-state index in [1.807, 2.05) is 60.7 Å². The molecule has 2 amide bonds. The van der Waals surface area contributed by atoms with Gasteiger partial charge in [-0.3, -0.25) is 24.5 Å². The first kappa shape index (κ1) is 22.1. The van der Waals surface area contributed by atoms with Crippen LogP contribution in [0.25, 0.3) is 11.1 Å². The summed E-state index contributed by atoms with van der Waals surface area (Å²) in [7, 11) is 0. The fourth-order valence-electron chi connectivity index (χ4n) is 6.79. The zero-order chi connectivity index (χ0) is 25.4. The van der Waals surface area contributed by atoms with Crippen LogP contribution < -0.4 is 4.90 Å². The van der Waals surface area contributed by atoms with Crippen molar-refractivity contribution >= 4 is 40.1 Å². The van der Waals surface area contributed by atoms with E-state index in [0.29, 0.717) is 0 Å². The van der Waals surface area contributed by atoms with Gasteiger partial charge in [0.15, 0.2) is 5.78 Å². The Kier molecular flexibility index (Phi) is 4.48. The number of anilines is 1. The molecular weight excluding hydrogens is 456 g/mol. The van der Waals surface area contributed by atoms with Gasteiger partial charge in [0.05, 0.1) is 33.3 Å². The highest BCUT2D eigenvalue weighted by atomic mass is 16.6. The number of carbonyl (C=O) groups is 3.